The molecule has 1 saturated heterocycles. The van der Waals surface area contributed by atoms with Gasteiger partial charge in [0.25, 0.3) is 5.79 Å². The number of nitrogens with zero attached hydrogens (tertiary/aromatic N) is 5. The summed E-state index contributed by atoms with van der Waals surface area (Å²) in [5, 5.41) is 16.9. The molecule has 238 valence electrons. The molecular weight excluding hydrogens is 624 g/mol. The first-order valence-corrected chi connectivity index (χ1v) is 15.4. The maximum atomic E-state index is 13.7. The van der Waals surface area contributed by atoms with Crippen molar-refractivity contribution in [1.29, 1.82) is 5.26 Å². The maximum Gasteiger partial charge on any atom is 0.451 e. The number of likely N-dealkylation sites (tertiary alicyclic amines) is 1. The molecule has 1 N–H and O–H groups in total. The molecule has 0 radical (unpaired) electrons. The summed E-state index contributed by atoms with van der Waals surface area (Å²) in [5.74, 6) is -1.34. The zero-order valence-electron chi connectivity index (χ0n) is 24.8. The molecule has 4 heterocycles. The first kappa shape index (κ1) is 30.4. The summed E-state index contributed by atoms with van der Waals surface area (Å²) in [4.78, 5) is 9.20. The minimum absolute atomic E-state index is 0.0189. The number of aromatic nitrogens is 4. The quantitative estimate of drug-likeness (QED) is 0.206. The highest BCUT2D eigenvalue weighted by molar-refractivity contribution is 6.31. The number of halogens is 5. The molecule has 2 aromatic heterocycles. The topological polar surface area (TPSA) is 100.0 Å². The lowest BCUT2D eigenvalue weighted by molar-refractivity contribution is -0.144. The molecule has 8 nitrogen and oxygen atoms in total. The first-order chi connectivity index (χ1) is 22.0. The van der Waals surface area contributed by atoms with Crippen LogP contribution in [0.1, 0.15) is 66.7 Å². The van der Waals surface area contributed by atoms with Crippen LogP contribution in [-0.4, -0.2) is 38.2 Å². The zero-order chi connectivity index (χ0) is 32.3. The van der Waals surface area contributed by atoms with E-state index in [0.29, 0.717) is 35.6 Å². The monoisotopic (exact) mass is 652 g/mol. The smallest absolute Gasteiger partial charge is 0.444 e. The van der Waals surface area contributed by atoms with Crippen molar-refractivity contribution >= 4 is 11.6 Å². The number of rotatable bonds is 7. The van der Waals surface area contributed by atoms with Crippen LogP contribution in [0, 0.1) is 22.6 Å². The summed E-state index contributed by atoms with van der Waals surface area (Å²) in [5.41, 5.74) is 3.12. The van der Waals surface area contributed by atoms with E-state index in [1.807, 2.05) is 18.2 Å². The van der Waals surface area contributed by atoms with Crippen molar-refractivity contribution in [2.75, 3.05) is 13.1 Å². The third kappa shape index (κ3) is 5.78. The number of hydrogen-bond acceptors (Lipinski definition) is 7. The highest BCUT2D eigenvalue weighted by atomic mass is 35.5. The van der Waals surface area contributed by atoms with Crippen molar-refractivity contribution in [3.8, 4) is 29.0 Å². The van der Waals surface area contributed by atoms with E-state index in [1.165, 1.54) is 18.3 Å². The Balaban J connectivity index is 1.07. The Morgan fingerprint density at radius 1 is 1.11 bits per heavy atom. The number of pyridine rings is 1. The summed E-state index contributed by atoms with van der Waals surface area (Å²) in [6, 6.07) is 14.2. The number of benzene rings is 2. The number of para-hydroxylation sites is 1. The van der Waals surface area contributed by atoms with Crippen molar-refractivity contribution in [2.45, 2.75) is 63.5 Å². The average molecular weight is 653 g/mol. The molecule has 0 spiro atoms. The second-order valence-corrected chi connectivity index (χ2v) is 12.8. The van der Waals surface area contributed by atoms with Gasteiger partial charge in [0, 0.05) is 30.8 Å². The number of piperidine rings is 1. The van der Waals surface area contributed by atoms with Gasteiger partial charge in [0.05, 0.1) is 27.8 Å². The fourth-order valence-corrected chi connectivity index (χ4v) is 6.72. The molecule has 2 fully saturated rings. The van der Waals surface area contributed by atoms with Crippen molar-refractivity contribution in [1.82, 2.24) is 25.1 Å². The van der Waals surface area contributed by atoms with Gasteiger partial charge in [-0.05, 0) is 87.0 Å². The van der Waals surface area contributed by atoms with Crippen LogP contribution in [0.3, 0.4) is 0 Å². The predicted molar refractivity (Wildman–Crippen MR) is 159 cm³/mol. The highest BCUT2D eigenvalue weighted by Gasteiger charge is 2.44. The molecular formula is C33H29ClF4N6O2. The van der Waals surface area contributed by atoms with Crippen LogP contribution in [-0.2, 0) is 24.9 Å². The van der Waals surface area contributed by atoms with Gasteiger partial charge in [-0.3, -0.25) is 9.88 Å². The van der Waals surface area contributed by atoms with E-state index < -0.39 is 29.0 Å². The number of hydrogen-bond donors (Lipinski definition) is 1. The minimum atomic E-state index is -4.64. The van der Waals surface area contributed by atoms with Gasteiger partial charge in [-0.25, -0.2) is 4.39 Å². The molecule has 1 aliphatic carbocycles. The number of nitriles is 1. The van der Waals surface area contributed by atoms with Crippen LogP contribution < -0.4 is 9.47 Å². The lowest BCUT2D eigenvalue weighted by atomic mass is 9.88. The van der Waals surface area contributed by atoms with E-state index in [1.54, 1.807) is 19.1 Å². The van der Waals surface area contributed by atoms with Gasteiger partial charge >= 0.3 is 6.18 Å². The Hall–Kier alpha value is -4.21. The Bertz CT molecular complexity index is 1840. The van der Waals surface area contributed by atoms with Gasteiger partial charge in [0.15, 0.2) is 17.3 Å². The highest BCUT2D eigenvalue weighted by Crippen LogP contribution is 2.51. The predicted octanol–water partition coefficient (Wildman–Crippen LogP) is 7.55. The molecule has 2 aromatic carbocycles. The molecule has 3 aliphatic rings. The molecule has 4 aromatic rings. The van der Waals surface area contributed by atoms with Gasteiger partial charge in [0.1, 0.15) is 5.82 Å². The molecule has 46 heavy (non-hydrogen) atoms. The van der Waals surface area contributed by atoms with Crippen molar-refractivity contribution in [3.63, 3.8) is 0 Å². The van der Waals surface area contributed by atoms with E-state index in [0.717, 1.165) is 55.6 Å². The van der Waals surface area contributed by atoms with Crippen LogP contribution in [0.25, 0.3) is 11.4 Å². The Morgan fingerprint density at radius 3 is 2.57 bits per heavy atom. The van der Waals surface area contributed by atoms with E-state index in [-0.39, 0.29) is 16.8 Å². The molecule has 0 amide bonds. The largest absolute Gasteiger partial charge is 0.451 e. The minimum Gasteiger partial charge on any atom is -0.444 e. The van der Waals surface area contributed by atoms with Crippen LogP contribution >= 0.6 is 11.6 Å². The summed E-state index contributed by atoms with van der Waals surface area (Å²) >= 11 is 6.35. The lowest BCUT2D eigenvalue weighted by Gasteiger charge is -2.33. The average Bonchev–Trinajstić information content (AvgIpc) is 3.42. The van der Waals surface area contributed by atoms with Crippen LogP contribution in [0.2, 0.25) is 5.02 Å². The molecule has 13 heteroatoms. The summed E-state index contributed by atoms with van der Waals surface area (Å²) in [6.45, 7) is 3.87. The van der Waals surface area contributed by atoms with Crippen LogP contribution in [0.4, 0.5) is 17.6 Å². The number of aromatic amines is 1. The van der Waals surface area contributed by atoms with Gasteiger partial charge < -0.3 is 14.5 Å². The molecule has 1 unspecified atom stereocenters. The summed E-state index contributed by atoms with van der Waals surface area (Å²) < 4.78 is 65.7. The Kier molecular flexibility index (Phi) is 7.44. The van der Waals surface area contributed by atoms with Crippen molar-refractivity contribution < 1.29 is 27.0 Å². The maximum absolute atomic E-state index is 13.7. The Morgan fingerprint density at radius 2 is 1.89 bits per heavy atom. The first-order valence-electron chi connectivity index (χ1n) is 15.0. The molecule has 1 saturated carbocycles. The number of H-pyrrole nitrogens is 1. The van der Waals surface area contributed by atoms with Gasteiger partial charge in [-0.2, -0.15) is 18.4 Å². The van der Waals surface area contributed by atoms with Gasteiger partial charge in [0.2, 0.25) is 5.82 Å². The number of alkyl halides is 3. The fourth-order valence-electron chi connectivity index (χ4n) is 6.38. The number of fused-ring (bicyclic) bond motifs is 1. The lowest BCUT2D eigenvalue weighted by Crippen LogP contribution is -2.34. The number of ether oxygens (including phenoxy) is 2. The van der Waals surface area contributed by atoms with Crippen LogP contribution in [0.5, 0.6) is 11.5 Å². The normalized spacial score (nSPS) is 20.9. The summed E-state index contributed by atoms with van der Waals surface area (Å²) in [6.07, 6.45) is 0.593. The molecule has 0 bridgehead atoms. The van der Waals surface area contributed by atoms with E-state index in [2.05, 4.69) is 31.1 Å². The third-order valence-electron chi connectivity index (χ3n) is 9.14. The third-order valence-corrected chi connectivity index (χ3v) is 9.45. The standard InChI is InChI=1S/C33H29ClF4N6O2/c1-31(24-6-5-22(35)14-25(24)34)45-27-4-2-3-23(28(27)46-31)19-7-11-44(12-8-19)17-26-20(15-32(18-39)9-10-32)13-21(16-40-26)29-41-30(43-42-29)33(36,37)38/h2-6,13-14,16,19H,7-12,15,17H2,1H3,(H,41,42,43). The second-order valence-electron chi connectivity index (χ2n) is 12.4. The molecule has 2 aliphatic heterocycles. The van der Waals surface area contributed by atoms with Crippen LogP contribution in [0.15, 0.2) is 48.7 Å². The second kappa shape index (κ2) is 11.2. The molecule has 7 rings (SSSR count). The van der Waals surface area contributed by atoms with E-state index in [9.17, 15) is 22.8 Å². The van der Waals surface area contributed by atoms with Crippen molar-refractivity contribution in [3.05, 3.63) is 87.7 Å². The molecule has 1 atom stereocenters. The number of nitrogens with one attached hydrogen (secondary N) is 1. The van der Waals surface area contributed by atoms with Gasteiger partial charge in [-0.15, -0.1) is 10.2 Å². The summed E-state index contributed by atoms with van der Waals surface area (Å²) in [7, 11) is 0. The van der Waals surface area contributed by atoms with Crippen molar-refractivity contribution in [2.24, 2.45) is 5.41 Å². The van der Waals surface area contributed by atoms with E-state index >= 15 is 0 Å². The Labute approximate surface area is 267 Å². The van der Waals surface area contributed by atoms with E-state index in [4.69, 9.17) is 21.1 Å². The fraction of sp³-hybridized carbons (Fsp3) is 0.394. The van der Waals surface area contributed by atoms with Gasteiger partial charge in [-0.1, -0.05) is 23.7 Å². The zero-order valence-corrected chi connectivity index (χ0v) is 25.6. The SMILES string of the molecule is CC1(c2ccc(F)cc2Cl)Oc2cccc(C3CCN(Cc4ncc(-c5nnc(C(F)(F)F)[nH]5)cc4CC4(C#N)CC4)CC3)c2O1.